The first-order valence-corrected chi connectivity index (χ1v) is 9.96. The Balaban J connectivity index is 1.58. The second kappa shape index (κ2) is 9.43. The summed E-state index contributed by atoms with van der Waals surface area (Å²) in [7, 11) is 0. The summed E-state index contributed by atoms with van der Waals surface area (Å²) in [6.45, 7) is 5.61. The number of hydrogen-bond donors (Lipinski definition) is 1. The van der Waals surface area contributed by atoms with E-state index in [2.05, 4.69) is 22.4 Å². The first-order chi connectivity index (χ1) is 13.2. The Labute approximate surface area is 163 Å². The van der Waals surface area contributed by atoms with E-state index >= 15 is 0 Å². The molecule has 0 spiro atoms. The van der Waals surface area contributed by atoms with Crippen molar-refractivity contribution in [2.75, 3.05) is 13.1 Å². The zero-order chi connectivity index (χ0) is 19.1. The van der Waals surface area contributed by atoms with Crippen LogP contribution in [-0.4, -0.2) is 34.1 Å². The number of benzene rings is 1. The van der Waals surface area contributed by atoms with Crippen molar-refractivity contribution in [3.63, 3.8) is 0 Å². The van der Waals surface area contributed by atoms with Crippen LogP contribution in [0.5, 0.6) is 0 Å². The molecule has 3 aromatic rings. The largest absolute Gasteiger partial charge is 0.419 e. The van der Waals surface area contributed by atoms with Crippen LogP contribution in [0.1, 0.15) is 37.8 Å². The highest BCUT2D eigenvalue weighted by molar-refractivity contribution is 7.13. The Hall–Kier alpha value is -2.51. The molecule has 6 nitrogen and oxygen atoms in total. The molecule has 0 saturated carbocycles. The van der Waals surface area contributed by atoms with Gasteiger partial charge in [-0.15, -0.1) is 21.5 Å². The third kappa shape index (κ3) is 5.48. The van der Waals surface area contributed by atoms with Crippen LogP contribution in [0.25, 0.3) is 10.8 Å². The number of carbonyl (C=O) groups is 1. The van der Waals surface area contributed by atoms with Gasteiger partial charge in [-0.1, -0.05) is 43.3 Å². The molecule has 7 heteroatoms. The van der Waals surface area contributed by atoms with Gasteiger partial charge in [0.25, 0.3) is 5.89 Å². The number of aromatic nitrogens is 2. The third-order valence-electron chi connectivity index (χ3n) is 4.14. The molecule has 3 rings (SSSR count). The molecule has 0 aliphatic carbocycles. The first kappa shape index (κ1) is 19.3. The second-order valence-corrected chi connectivity index (χ2v) is 7.34. The van der Waals surface area contributed by atoms with Crippen LogP contribution in [0.4, 0.5) is 0 Å². The van der Waals surface area contributed by atoms with E-state index in [-0.39, 0.29) is 11.9 Å². The van der Waals surface area contributed by atoms with Gasteiger partial charge in [-0.3, -0.25) is 9.69 Å². The Morgan fingerprint density at radius 1 is 1.22 bits per heavy atom. The number of rotatable bonds is 9. The van der Waals surface area contributed by atoms with Crippen molar-refractivity contribution in [3.8, 4) is 10.8 Å². The van der Waals surface area contributed by atoms with Crippen LogP contribution < -0.4 is 5.32 Å². The summed E-state index contributed by atoms with van der Waals surface area (Å²) in [6, 6.07) is 13.8. The highest BCUT2D eigenvalue weighted by atomic mass is 32.1. The highest BCUT2D eigenvalue weighted by Gasteiger charge is 2.17. The smallest absolute Gasteiger partial charge is 0.257 e. The molecule has 1 aromatic carbocycles. The average Bonchev–Trinajstić information content (AvgIpc) is 3.34. The van der Waals surface area contributed by atoms with E-state index in [1.807, 2.05) is 59.7 Å². The standard InChI is InChI=1S/C20H24N4O2S/c1-3-11-24(13-18(25)21-15(2)16-8-5-4-6-9-16)14-19-22-23-20(26-19)17-10-7-12-27-17/h4-10,12,15H,3,11,13-14H2,1-2H3,(H,21,25)/t15-/m0/s1. The number of amides is 1. The van der Waals surface area contributed by atoms with E-state index in [4.69, 9.17) is 4.42 Å². The van der Waals surface area contributed by atoms with Crippen LogP contribution in [0.3, 0.4) is 0 Å². The molecular formula is C20H24N4O2S. The lowest BCUT2D eigenvalue weighted by molar-refractivity contribution is -0.123. The molecule has 0 bridgehead atoms. The zero-order valence-electron chi connectivity index (χ0n) is 15.6. The Kier molecular flexibility index (Phi) is 6.73. The van der Waals surface area contributed by atoms with Gasteiger partial charge in [0.1, 0.15) is 0 Å². The fourth-order valence-corrected chi connectivity index (χ4v) is 3.50. The average molecular weight is 385 g/mol. The summed E-state index contributed by atoms with van der Waals surface area (Å²) < 4.78 is 5.75. The van der Waals surface area contributed by atoms with Gasteiger partial charge >= 0.3 is 0 Å². The summed E-state index contributed by atoms with van der Waals surface area (Å²) >= 11 is 1.56. The van der Waals surface area contributed by atoms with Crippen molar-refractivity contribution >= 4 is 17.2 Å². The maximum absolute atomic E-state index is 12.5. The quantitative estimate of drug-likeness (QED) is 0.606. The van der Waals surface area contributed by atoms with Crippen LogP contribution in [0.2, 0.25) is 0 Å². The summed E-state index contributed by atoms with van der Waals surface area (Å²) in [4.78, 5) is 15.5. The minimum absolute atomic E-state index is 0.0159. The first-order valence-electron chi connectivity index (χ1n) is 9.08. The molecule has 1 N–H and O–H groups in total. The van der Waals surface area contributed by atoms with E-state index in [9.17, 15) is 4.79 Å². The van der Waals surface area contributed by atoms with Gasteiger partial charge in [0.05, 0.1) is 24.0 Å². The number of nitrogens with zero attached hydrogens (tertiary/aromatic N) is 3. The second-order valence-electron chi connectivity index (χ2n) is 6.39. The van der Waals surface area contributed by atoms with Gasteiger partial charge in [0.2, 0.25) is 11.8 Å². The van der Waals surface area contributed by atoms with Crippen LogP contribution in [0.15, 0.2) is 52.3 Å². The fraction of sp³-hybridized carbons (Fsp3) is 0.350. The van der Waals surface area contributed by atoms with Crippen molar-refractivity contribution in [3.05, 3.63) is 59.3 Å². The monoisotopic (exact) mass is 384 g/mol. The molecule has 2 aromatic heterocycles. The summed E-state index contributed by atoms with van der Waals surface area (Å²) in [6.07, 6.45) is 0.938. The predicted octanol–water partition coefficient (Wildman–Crippen LogP) is 3.89. The number of nitrogens with one attached hydrogen (secondary N) is 1. The molecule has 0 radical (unpaired) electrons. The topological polar surface area (TPSA) is 71.3 Å². The van der Waals surface area contributed by atoms with Crippen molar-refractivity contribution in [1.82, 2.24) is 20.4 Å². The molecule has 0 aliphatic rings. The maximum Gasteiger partial charge on any atom is 0.257 e. The Morgan fingerprint density at radius 3 is 2.74 bits per heavy atom. The van der Waals surface area contributed by atoms with Crippen molar-refractivity contribution < 1.29 is 9.21 Å². The molecule has 142 valence electrons. The molecule has 2 heterocycles. The lowest BCUT2D eigenvalue weighted by atomic mass is 10.1. The number of thiophene rings is 1. The van der Waals surface area contributed by atoms with E-state index in [1.165, 1.54) is 0 Å². The lowest BCUT2D eigenvalue weighted by Crippen LogP contribution is -2.38. The third-order valence-corrected chi connectivity index (χ3v) is 5.00. The predicted molar refractivity (Wildman–Crippen MR) is 106 cm³/mol. The minimum atomic E-state index is -0.0315. The molecule has 0 aliphatic heterocycles. The molecule has 27 heavy (non-hydrogen) atoms. The normalized spacial score (nSPS) is 12.3. The van der Waals surface area contributed by atoms with Gasteiger partial charge < -0.3 is 9.73 Å². The van der Waals surface area contributed by atoms with Crippen LogP contribution in [0, 0.1) is 0 Å². The van der Waals surface area contributed by atoms with E-state index in [0.29, 0.717) is 24.9 Å². The van der Waals surface area contributed by atoms with Gasteiger partial charge in [-0.05, 0) is 36.9 Å². The van der Waals surface area contributed by atoms with Gasteiger partial charge in [-0.25, -0.2) is 0 Å². The number of carbonyl (C=O) groups excluding carboxylic acids is 1. The molecule has 0 saturated heterocycles. The number of hydrogen-bond acceptors (Lipinski definition) is 6. The SMILES string of the molecule is CCCN(CC(=O)N[C@@H](C)c1ccccc1)Cc1nnc(-c2cccs2)o1. The minimum Gasteiger partial charge on any atom is -0.419 e. The van der Waals surface area contributed by atoms with E-state index in [0.717, 1.165) is 23.4 Å². The van der Waals surface area contributed by atoms with E-state index in [1.54, 1.807) is 11.3 Å². The summed E-state index contributed by atoms with van der Waals surface area (Å²) in [5, 5.41) is 13.3. The summed E-state index contributed by atoms with van der Waals surface area (Å²) in [5.41, 5.74) is 1.09. The van der Waals surface area contributed by atoms with Crippen LogP contribution in [-0.2, 0) is 11.3 Å². The maximum atomic E-state index is 12.5. The van der Waals surface area contributed by atoms with E-state index < -0.39 is 0 Å². The zero-order valence-corrected chi connectivity index (χ0v) is 16.4. The molecule has 1 amide bonds. The Morgan fingerprint density at radius 2 is 2.04 bits per heavy atom. The van der Waals surface area contributed by atoms with Gasteiger partial charge in [0, 0.05) is 0 Å². The van der Waals surface area contributed by atoms with Crippen molar-refractivity contribution in [1.29, 1.82) is 0 Å². The molecule has 0 fully saturated rings. The fourth-order valence-electron chi connectivity index (χ4n) is 2.85. The van der Waals surface area contributed by atoms with Gasteiger partial charge in [-0.2, -0.15) is 0 Å². The molecule has 0 unspecified atom stereocenters. The van der Waals surface area contributed by atoms with Crippen molar-refractivity contribution in [2.45, 2.75) is 32.9 Å². The highest BCUT2D eigenvalue weighted by Crippen LogP contribution is 2.23. The molecule has 1 atom stereocenters. The van der Waals surface area contributed by atoms with Crippen molar-refractivity contribution in [2.24, 2.45) is 0 Å². The Bertz CT molecular complexity index is 833. The lowest BCUT2D eigenvalue weighted by Gasteiger charge is -2.21. The van der Waals surface area contributed by atoms with Gasteiger partial charge in [0.15, 0.2) is 0 Å². The molecular weight excluding hydrogens is 360 g/mol. The van der Waals surface area contributed by atoms with Crippen LogP contribution >= 0.6 is 11.3 Å². The summed E-state index contributed by atoms with van der Waals surface area (Å²) in [5.74, 6) is 1.03.